The van der Waals surface area contributed by atoms with Gasteiger partial charge in [0.15, 0.2) is 0 Å². The van der Waals surface area contributed by atoms with Crippen molar-refractivity contribution >= 4 is 15.9 Å². The molecule has 2 rings (SSSR count). The van der Waals surface area contributed by atoms with E-state index in [9.17, 15) is 5.11 Å². The molecular formula is C16H21BrN2O2. The highest BCUT2D eigenvalue weighted by Crippen LogP contribution is 2.28. The first-order valence-corrected chi connectivity index (χ1v) is 7.85. The third-order valence-corrected chi connectivity index (χ3v) is 4.40. The SMILES string of the molecule is CCc1nn(C)c(COc2ccc(C)cc2[C@H](C)O)c1Br. The molecule has 0 saturated carbocycles. The number of hydrogen-bond acceptors (Lipinski definition) is 3. The molecule has 4 nitrogen and oxygen atoms in total. The maximum Gasteiger partial charge on any atom is 0.131 e. The summed E-state index contributed by atoms with van der Waals surface area (Å²) in [4.78, 5) is 0. The normalized spacial score (nSPS) is 12.5. The third kappa shape index (κ3) is 3.47. The molecule has 21 heavy (non-hydrogen) atoms. The van der Waals surface area contributed by atoms with Crippen molar-refractivity contribution in [3.8, 4) is 5.75 Å². The minimum atomic E-state index is -0.555. The largest absolute Gasteiger partial charge is 0.487 e. The van der Waals surface area contributed by atoms with Gasteiger partial charge in [-0.2, -0.15) is 5.10 Å². The lowest BCUT2D eigenvalue weighted by molar-refractivity contribution is 0.189. The van der Waals surface area contributed by atoms with Gasteiger partial charge in [0, 0.05) is 12.6 Å². The van der Waals surface area contributed by atoms with Crippen molar-refractivity contribution in [1.82, 2.24) is 9.78 Å². The molecule has 0 saturated heterocycles. The van der Waals surface area contributed by atoms with Crippen molar-refractivity contribution in [2.45, 2.75) is 39.9 Å². The van der Waals surface area contributed by atoms with Crippen LogP contribution >= 0.6 is 15.9 Å². The lowest BCUT2D eigenvalue weighted by Gasteiger charge is -2.14. The molecule has 5 heteroatoms. The fourth-order valence-corrected chi connectivity index (χ4v) is 2.98. The van der Waals surface area contributed by atoms with Gasteiger partial charge >= 0.3 is 0 Å². The molecule has 0 unspecified atom stereocenters. The molecule has 0 radical (unpaired) electrons. The summed E-state index contributed by atoms with van der Waals surface area (Å²) < 4.78 is 8.74. The summed E-state index contributed by atoms with van der Waals surface area (Å²) >= 11 is 3.58. The molecule has 0 amide bonds. The van der Waals surface area contributed by atoms with Crippen LogP contribution in [0.2, 0.25) is 0 Å². The zero-order valence-electron chi connectivity index (χ0n) is 12.9. The molecule has 1 heterocycles. The number of nitrogens with zero attached hydrogens (tertiary/aromatic N) is 2. The van der Waals surface area contributed by atoms with Crippen molar-refractivity contribution in [2.75, 3.05) is 0 Å². The first kappa shape index (κ1) is 16.0. The molecule has 1 atom stereocenters. The van der Waals surface area contributed by atoms with Crippen LogP contribution in [0.5, 0.6) is 5.75 Å². The average Bonchev–Trinajstić information content (AvgIpc) is 2.72. The summed E-state index contributed by atoms with van der Waals surface area (Å²) in [5, 5.41) is 14.3. The summed E-state index contributed by atoms with van der Waals surface area (Å²) in [7, 11) is 1.91. The second kappa shape index (κ2) is 6.62. The van der Waals surface area contributed by atoms with Gasteiger partial charge in [0.2, 0.25) is 0 Å². The van der Waals surface area contributed by atoms with Crippen LogP contribution in [0.3, 0.4) is 0 Å². The minimum absolute atomic E-state index is 0.410. The van der Waals surface area contributed by atoms with Crippen LogP contribution in [0.1, 0.15) is 42.5 Å². The Morgan fingerprint density at radius 2 is 2.14 bits per heavy atom. The number of aliphatic hydroxyl groups is 1. The van der Waals surface area contributed by atoms with E-state index >= 15 is 0 Å². The van der Waals surface area contributed by atoms with Crippen molar-refractivity contribution in [1.29, 1.82) is 0 Å². The van der Waals surface area contributed by atoms with E-state index in [1.54, 1.807) is 6.92 Å². The van der Waals surface area contributed by atoms with Crippen LogP contribution in [0, 0.1) is 6.92 Å². The number of aliphatic hydroxyl groups excluding tert-OH is 1. The Morgan fingerprint density at radius 1 is 1.43 bits per heavy atom. The van der Waals surface area contributed by atoms with E-state index in [1.165, 1.54) is 0 Å². The Labute approximate surface area is 133 Å². The average molecular weight is 353 g/mol. The quantitative estimate of drug-likeness (QED) is 0.892. The Balaban J connectivity index is 2.23. The first-order chi connectivity index (χ1) is 9.93. The van der Waals surface area contributed by atoms with E-state index in [2.05, 4.69) is 28.0 Å². The van der Waals surface area contributed by atoms with Gasteiger partial charge in [-0.25, -0.2) is 0 Å². The molecule has 114 valence electrons. The van der Waals surface area contributed by atoms with E-state index in [1.807, 2.05) is 36.9 Å². The predicted molar refractivity (Wildman–Crippen MR) is 86.4 cm³/mol. The summed E-state index contributed by atoms with van der Waals surface area (Å²) in [6.45, 7) is 6.23. The van der Waals surface area contributed by atoms with Crippen LogP contribution in [0.4, 0.5) is 0 Å². The molecular weight excluding hydrogens is 332 g/mol. The topological polar surface area (TPSA) is 47.3 Å². The second-order valence-electron chi connectivity index (χ2n) is 5.19. The number of rotatable bonds is 5. The molecule has 1 aromatic heterocycles. The van der Waals surface area contributed by atoms with Gasteiger partial charge in [-0.1, -0.05) is 18.6 Å². The van der Waals surface area contributed by atoms with E-state index in [0.717, 1.165) is 33.4 Å². The number of aryl methyl sites for hydroxylation is 3. The highest BCUT2D eigenvalue weighted by atomic mass is 79.9. The Bertz CT molecular complexity index is 635. The fourth-order valence-electron chi connectivity index (χ4n) is 2.25. The van der Waals surface area contributed by atoms with Gasteiger partial charge in [0.1, 0.15) is 12.4 Å². The number of aromatic nitrogens is 2. The Kier molecular flexibility index (Phi) is 5.06. The molecule has 1 N–H and O–H groups in total. The molecule has 0 spiro atoms. The van der Waals surface area contributed by atoms with Crippen molar-refractivity contribution in [3.05, 3.63) is 45.2 Å². The zero-order chi connectivity index (χ0) is 15.6. The number of hydrogen-bond donors (Lipinski definition) is 1. The third-order valence-electron chi connectivity index (χ3n) is 3.48. The monoisotopic (exact) mass is 352 g/mol. The highest BCUT2D eigenvalue weighted by molar-refractivity contribution is 9.10. The van der Waals surface area contributed by atoms with Crippen molar-refractivity contribution in [2.24, 2.45) is 7.05 Å². The highest BCUT2D eigenvalue weighted by Gasteiger charge is 2.15. The Hall–Kier alpha value is -1.33. The van der Waals surface area contributed by atoms with Gasteiger partial charge in [-0.3, -0.25) is 4.68 Å². The summed E-state index contributed by atoms with van der Waals surface area (Å²) in [5.41, 5.74) is 3.93. The van der Waals surface area contributed by atoms with Crippen molar-refractivity contribution < 1.29 is 9.84 Å². The molecule has 2 aromatic rings. The predicted octanol–water partition coefficient (Wildman–Crippen LogP) is 3.69. The maximum atomic E-state index is 9.87. The van der Waals surface area contributed by atoms with E-state index in [0.29, 0.717) is 12.4 Å². The van der Waals surface area contributed by atoms with Gasteiger partial charge in [0.05, 0.1) is 22.0 Å². The smallest absolute Gasteiger partial charge is 0.131 e. The lowest BCUT2D eigenvalue weighted by Crippen LogP contribution is -2.06. The molecule has 0 aliphatic rings. The Morgan fingerprint density at radius 3 is 2.71 bits per heavy atom. The maximum absolute atomic E-state index is 9.87. The summed E-state index contributed by atoms with van der Waals surface area (Å²) in [5.74, 6) is 0.710. The first-order valence-electron chi connectivity index (χ1n) is 7.05. The van der Waals surface area contributed by atoms with Crippen LogP contribution in [-0.2, 0) is 20.1 Å². The molecule has 1 aromatic carbocycles. The van der Waals surface area contributed by atoms with Crippen LogP contribution in [0.15, 0.2) is 22.7 Å². The number of ether oxygens (including phenoxy) is 1. The van der Waals surface area contributed by atoms with Gasteiger partial charge in [-0.15, -0.1) is 0 Å². The fraction of sp³-hybridized carbons (Fsp3) is 0.438. The van der Waals surface area contributed by atoms with Crippen LogP contribution < -0.4 is 4.74 Å². The zero-order valence-corrected chi connectivity index (χ0v) is 14.4. The van der Waals surface area contributed by atoms with E-state index in [-0.39, 0.29) is 0 Å². The molecule has 0 aliphatic carbocycles. The van der Waals surface area contributed by atoms with Crippen LogP contribution in [0.25, 0.3) is 0 Å². The number of benzene rings is 1. The summed E-state index contributed by atoms with van der Waals surface area (Å²) in [6.07, 6.45) is 0.318. The van der Waals surface area contributed by atoms with Crippen LogP contribution in [-0.4, -0.2) is 14.9 Å². The van der Waals surface area contributed by atoms with Gasteiger partial charge in [0.25, 0.3) is 0 Å². The molecule has 0 bridgehead atoms. The number of halogens is 1. The summed E-state index contributed by atoms with van der Waals surface area (Å²) in [6, 6.07) is 5.84. The standard InChI is InChI=1S/C16H21BrN2O2/c1-5-13-16(17)14(19(4)18-13)9-21-15-7-6-10(2)8-12(15)11(3)20/h6-8,11,20H,5,9H2,1-4H3/t11-/m0/s1. The molecule has 0 aliphatic heterocycles. The molecule has 0 fully saturated rings. The lowest BCUT2D eigenvalue weighted by atomic mass is 10.1. The van der Waals surface area contributed by atoms with Gasteiger partial charge < -0.3 is 9.84 Å². The van der Waals surface area contributed by atoms with E-state index < -0.39 is 6.10 Å². The minimum Gasteiger partial charge on any atom is -0.487 e. The van der Waals surface area contributed by atoms with Crippen molar-refractivity contribution in [3.63, 3.8) is 0 Å². The van der Waals surface area contributed by atoms with E-state index in [4.69, 9.17) is 4.74 Å². The second-order valence-corrected chi connectivity index (χ2v) is 5.98. The van der Waals surface area contributed by atoms with Gasteiger partial charge in [-0.05, 0) is 48.3 Å².